The molecule has 0 spiro atoms. The van der Waals surface area contributed by atoms with E-state index in [1.165, 1.54) is 27.8 Å². The van der Waals surface area contributed by atoms with Crippen molar-refractivity contribution < 1.29 is 4.74 Å². The Kier molecular flexibility index (Phi) is 4.69. The van der Waals surface area contributed by atoms with Crippen LogP contribution < -0.4 is 10.5 Å². The number of nitrogens with two attached hydrogens (primary N) is 1. The molecule has 112 valence electrons. The Labute approximate surface area is 127 Å². The molecule has 0 bridgehead atoms. The van der Waals surface area contributed by atoms with E-state index < -0.39 is 0 Å². The molecule has 0 aliphatic carbocycles. The topological polar surface area (TPSA) is 35.2 Å². The summed E-state index contributed by atoms with van der Waals surface area (Å²) in [6.45, 7) is 8.54. The Hall–Kier alpha value is -1.80. The van der Waals surface area contributed by atoms with Gasteiger partial charge in [0.25, 0.3) is 0 Å². The molecule has 1 atom stereocenters. The van der Waals surface area contributed by atoms with E-state index in [9.17, 15) is 0 Å². The van der Waals surface area contributed by atoms with Gasteiger partial charge in [0.1, 0.15) is 5.75 Å². The summed E-state index contributed by atoms with van der Waals surface area (Å²) in [6.07, 6.45) is 0.831. The Morgan fingerprint density at radius 3 is 2.14 bits per heavy atom. The largest absolute Gasteiger partial charge is 0.496 e. The van der Waals surface area contributed by atoms with Crippen molar-refractivity contribution in [2.75, 3.05) is 7.11 Å². The highest BCUT2D eigenvalue weighted by Gasteiger charge is 2.15. The van der Waals surface area contributed by atoms with Gasteiger partial charge < -0.3 is 10.5 Å². The van der Waals surface area contributed by atoms with Crippen molar-refractivity contribution in [3.8, 4) is 5.75 Å². The lowest BCUT2D eigenvalue weighted by atomic mass is 9.91. The lowest BCUT2D eigenvalue weighted by Gasteiger charge is -2.19. The van der Waals surface area contributed by atoms with Crippen molar-refractivity contribution in [1.82, 2.24) is 0 Å². The molecule has 2 aromatic rings. The SMILES string of the molecule is COc1ccc(C)cc1C(N)Cc1c(C)cc(C)cc1C. The third-order valence-corrected chi connectivity index (χ3v) is 4.05. The van der Waals surface area contributed by atoms with E-state index in [1.807, 2.05) is 6.07 Å². The van der Waals surface area contributed by atoms with Crippen LogP contribution in [-0.4, -0.2) is 7.11 Å². The first-order valence-electron chi connectivity index (χ1n) is 7.39. The maximum atomic E-state index is 6.47. The van der Waals surface area contributed by atoms with Gasteiger partial charge in [-0.05, 0) is 56.9 Å². The van der Waals surface area contributed by atoms with E-state index in [0.717, 1.165) is 17.7 Å². The summed E-state index contributed by atoms with van der Waals surface area (Å²) in [7, 11) is 1.70. The van der Waals surface area contributed by atoms with Gasteiger partial charge in [0, 0.05) is 11.6 Å². The van der Waals surface area contributed by atoms with Gasteiger partial charge in [0.2, 0.25) is 0 Å². The molecule has 0 fully saturated rings. The molecule has 2 nitrogen and oxygen atoms in total. The zero-order valence-electron chi connectivity index (χ0n) is 13.7. The van der Waals surface area contributed by atoms with Crippen molar-refractivity contribution in [3.63, 3.8) is 0 Å². The molecule has 21 heavy (non-hydrogen) atoms. The summed E-state index contributed by atoms with van der Waals surface area (Å²) in [4.78, 5) is 0. The van der Waals surface area contributed by atoms with E-state index in [1.54, 1.807) is 7.11 Å². The summed E-state index contributed by atoms with van der Waals surface area (Å²) in [5.74, 6) is 0.871. The third kappa shape index (κ3) is 3.45. The first-order chi connectivity index (χ1) is 9.92. The van der Waals surface area contributed by atoms with Crippen LogP contribution in [0.2, 0.25) is 0 Å². The minimum atomic E-state index is -0.0556. The fourth-order valence-corrected chi connectivity index (χ4v) is 3.01. The molecule has 0 aromatic heterocycles. The molecule has 2 N–H and O–H groups in total. The van der Waals surface area contributed by atoms with Gasteiger partial charge in [-0.2, -0.15) is 0 Å². The average Bonchev–Trinajstić information content (AvgIpc) is 2.42. The number of methoxy groups -OCH3 is 1. The van der Waals surface area contributed by atoms with E-state index in [2.05, 4.69) is 52.0 Å². The van der Waals surface area contributed by atoms with Gasteiger partial charge in [-0.3, -0.25) is 0 Å². The van der Waals surface area contributed by atoms with Crippen LogP contribution >= 0.6 is 0 Å². The van der Waals surface area contributed by atoms with Crippen LogP contribution in [0, 0.1) is 27.7 Å². The van der Waals surface area contributed by atoms with Crippen LogP contribution in [0.3, 0.4) is 0 Å². The lowest BCUT2D eigenvalue weighted by Crippen LogP contribution is -2.16. The van der Waals surface area contributed by atoms with Gasteiger partial charge in [-0.25, -0.2) is 0 Å². The Balaban J connectivity index is 2.34. The normalized spacial score (nSPS) is 12.3. The van der Waals surface area contributed by atoms with Crippen molar-refractivity contribution in [2.45, 2.75) is 40.2 Å². The summed E-state index contributed by atoms with van der Waals surface area (Å²) >= 11 is 0. The fraction of sp³-hybridized carbons (Fsp3) is 0.368. The molecular weight excluding hydrogens is 258 g/mol. The molecule has 2 aromatic carbocycles. The first kappa shape index (κ1) is 15.6. The molecule has 0 amide bonds. The van der Waals surface area contributed by atoms with Crippen molar-refractivity contribution in [1.29, 1.82) is 0 Å². The van der Waals surface area contributed by atoms with Crippen LogP contribution in [-0.2, 0) is 6.42 Å². The summed E-state index contributed by atoms with van der Waals surface area (Å²) in [5, 5.41) is 0. The van der Waals surface area contributed by atoms with Gasteiger partial charge in [0.15, 0.2) is 0 Å². The molecule has 0 saturated heterocycles. The predicted octanol–water partition coefficient (Wildman–Crippen LogP) is 4.17. The average molecular weight is 283 g/mol. The van der Waals surface area contributed by atoms with Gasteiger partial charge >= 0.3 is 0 Å². The van der Waals surface area contributed by atoms with Crippen LogP contribution in [0.15, 0.2) is 30.3 Å². The molecule has 1 unspecified atom stereocenters. The van der Waals surface area contributed by atoms with Crippen LogP contribution in [0.25, 0.3) is 0 Å². The summed E-state index contributed by atoms with van der Waals surface area (Å²) in [6, 6.07) is 10.6. The van der Waals surface area contributed by atoms with Crippen LogP contribution in [0.5, 0.6) is 5.75 Å². The van der Waals surface area contributed by atoms with Gasteiger partial charge in [-0.15, -0.1) is 0 Å². The second-order valence-corrected chi connectivity index (χ2v) is 5.93. The summed E-state index contributed by atoms with van der Waals surface area (Å²) in [5.41, 5.74) is 14.0. The molecule has 2 rings (SSSR count). The van der Waals surface area contributed by atoms with E-state index in [-0.39, 0.29) is 6.04 Å². The number of hydrogen-bond acceptors (Lipinski definition) is 2. The fourth-order valence-electron chi connectivity index (χ4n) is 3.01. The van der Waals surface area contributed by atoms with Crippen molar-refractivity contribution in [3.05, 3.63) is 63.7 Å². The molecule has 0 saturated carbocycles. The standard InChI is InChI=1S/C19H25NO/c1-12-6-7-19(21-5)17(10-12)18(20)11-16-14(3)8-13(2)9-15(16)4/h6-10,18H,11,20H2,1-5H3. The summed E-state index contributed by atoms with van der Waals surface area (Å²) < 4.78 is 5.46. The highest BCUT2D eigenvalue weighted by molar-refractivity contribution is 5.42. The van der Waals surface area contributed by atoms with E-state index >= 15 is 0 Å². The first-order valence-corrected chi connectivity index (χ1v) is 7.39. The Morgan fingerprint density at radius 2 is 1.57 bits per heavy atom. The van der Waals surface area contributed by atoms with Crippen LogP contribution in [0.1, 0.15) is 39.4 Å². The quantitative estimate of drug-likeness (QED) is 0.914. The number of hydrogen-bond donors (Lipinski definition) is 1. The minimum Gasteiger partial charge on any atom is -0.496 e. The van der Waals surface area contributed by atoms with E-state index in [0.29, 0.717) is 0 Å². The molecule has 0 aliphatic rings. The number of rotatable bonds is 4. The highest BCUT2D eigenvalue weighted by Crippen LogP contribution is 2.29. The highest BCUT2D eigenvalue weighted by atomic mass is 16.5. The number of ether oxygens (including phenoxy) is 1. The number of aryl methyl sites for hydroxylation is 4. The molecule has 0 aliphatic heterocycles. The van der Waals surface area contributed by atoms with Gasteiger partial charge in [0.05, 0.1) is 7.11 Å². The Morgan fingerprint density at radius 1 is 0.952 bits per heavy atom. The second-order valence-electron chi connectivity index (χ2n) is 5.93. The maximum Gasteiger partial charge on any atom is 0.123 e. The predicted molar refractivity (Wildman–Crippen MR) is 89.0 cm³/mol. The van der Waals surface area contributed by atoms with Crippen LogP contribution in [0.4, 0.5) is 0 Å². The monoisotopic (exact) mass is 283 g/mol. The van der Waals surface area contributed by atoms with E-state index in [4.69, 9.17) is 10.5 Å². The third-order valence-electron chi connectivity index (χ3n) is 4.05. The van der Waals surface area contributed by atoms with Gasteiger partial charge in [-0.1, -0.05) is 35.4 Å². The smallest absolute Gasteiger partial charge is 0.123 e. The maximum absolute atomic E-state index is 6.47. The minimum absolute atomic E-state index is 0.0556. The number of benzene rings is 2. The molecule has 0 heterocycles. The zero-order chi connectivity index (χ0) is 15.6. The second kappa shape index (κ2) is 6.31. The molecular formula is C19H25NO. The van der Waals surface area contributed by atoms with Crippen molar-refractivity contribution >= 4 is 0 Å². The zero-order valence-corrected chi connectivity index (χ0v) is 13.7. The molecule has 2 heteroatoms. The molecule has 0 radical (unpaired) electrons. The Bertz CT molecular complexity index is 623. The lowest BCUT2D eigenvalue weighted by molar-refractivity contribution is 0.405. The van der Waals surface area contributed by atoms with Crippen molar-refractivity contribution in [2.24, 2.45) is 5.73 Å².